The number of hydrogen-bond donors (Lipinski definition) is 1. The Balaban J connectivity index is 2.24. The summed E-state index contributed by atoms with van der Waals surface area (Å²) in [6.07, 6.45) is 1.80. The molecule has 0 saturated carbocycles. The first kappa shape index (κ1) is 15.5. The second kappa shape index (κ2) is 7.80. The van der Waals surface area contributed by atoms with Gasteiger partial charge in [-0.2, -0.15) is 0 Å². The molecule has 0 unspecified atom stereocenters. The molecule has 0 heterocycles. The SMILES string of the molecule is OCc1ccc(N=Cc2ccccc2[CH]=[Ru]([Cl])[Cl])cc1. The summed E-state index contributed by atoms with van der Waals surface area (Å²) in [7, 11) is 11.8. The molecule has 0 aliphatic heterocycles. The average molecular weight is 395 g/mol. The molecule has 0 bridgehead atoms. The predicted octanol–water partition coefficient (Wildman–Crippen LogP) is 4.01. The van der Waals surface area contributed by atoms with E-state index >= 15 is 0 Å². The minimum atomic E-state index is -1.85. The normalized spacial score (nSPS) is 11.7. The van der Waals surface area contributed by atoms with Gasteiger partial charge >= 0.3 is 131 Å². The van der Waals surface area contributed by atoms with E-state index in [4.69, 9.17) is 24.5 Å². The fourth-order valence-electron chi connectivity index (χ4n) is 1.64. The van der Waals surface area contributed by atoms with Gasteiger partial charge in [-0.15, -0.1) is 0 Å². The van der Waals surface area contributed by atoms with Crippen molar-refractivity contribution in [2.45, 2.75) is 6.61 Å². The number of hydrogen-bond acceptors (Lipinski definition) is 2. The summed E-state index contributed by atoms with van der Waals surface area (Å²) in [6.45, 7) is 0.0411. The molecule has 0 aromatic heterocycles. The van der Waals surface area contributed by atoms with Crippen LogP contribution in [0.4, 0.5) is 5.69 Å². The van der Waals surface area contributed by atoms with E-state index in [1.165, 1.54) is 0 Å². The quantitative estimate of drug-likeness (QED) is 0.616. The van der Waals surface area contributed by atoms with E-state index in [0.29, 0.717) is 0 Å². The monoisotopic (exact) mass is 395 g/mol. The molecule has 0 fully saturated rings. The van der Waals surface area contributed by atoms with Gasteiger partial charge in [0.1, 0.15) is 0 Å². The zero-order valence-corrected chi connectivity index (χ0v) is 13.7. The molecule has 2 aromatic carbocycles. The summed E-state index contributed by atoms with van der Waals surface area (Å²) in [5.74, 6) is 0. The van der Waals surface area contributed by atoms with Crippen LogP contribution in [0.2, 0.25) is 0 Å². The Kier molecular flexibility index (Phi) is 6.06. The molecule has 5 heteroatoms. The van der Waals surface area contributed by atoms with E-state index in [2.05, 4.69) is 4.99 Å². The number of aliphatic hydroxyl groups excluding tert-OH is 1. The van der Waals surface area contributed by atoms with Gasteiger partial charge < -0.3 is 0 Å². The van der Waals surface area contributed by atoms with Crippen LogP contribution < -0.4 is 0 Å². The van der Waals surface area contributed by atoms with Gasteiger partial charge in [-0.3, -0.25) is 0 Å². The predicted molar refractivity (Wildman–Crippen MR) is 82.9 cm³/mol. The first-order chi connectivity index (χ1) is 9.69. The third-order valence-electron chi connectivity index (χ3n) is 2.65. The van der Waals surface area contributed by atoms with Crippen LogP contribution in [-0.2, 0) is 20.1 Å². The van der Waals surface area contributed by atoms with Gasteiger partial charge in [0.15, 0.2) is 0 Å². The fraction of sp³-hybridized carbons (Fsp3) is 0.0667. The number of aliphatic hydroxyl groups is 1. The summed E-state index contributed by atoms with van der Waals surface area (Å²) < 4.78 is 1.91. The Hall–Kier alpha value is -0.857. The van der Waals surface area contributed by atoms with E-state index in [0.717, 1.165) is 22.4 Å². The second-order valence-corrected chi connectivity index (χ2v) is 9.74. The molecule has 2 nitrogen and oxygen atoms in total. The van der Waals surface area contributed by atoms with E-state index in [1.807, 2.05) is 53.1 Å². The molecule has 0 atom stereocenters. The minimum absolute atomic E-state index is 0.0411. The topological polar surface area (TPSA) is 32.6 Å². The zero-order chi connectivity index (χ0) is 14.4. The first-order valence-corrected chi connectivity index (χ1v) is 11.3. The van der Waals surface area contributed by atoms with Crippen LogP contribution >= 0.6 is 19.4 Å². The second-order valence-electron chi connectivity index (χ2n) is 4.02. The average Bonchev–Trinajstić information content (AvgIpc) is 2.46. The molecule has 0 spiro atoms. The van der Waals surface area contributed by atoms with E-state index in [-0.39, 0.29) is 6.61 Å². The summed E-state index contributed by atoms with van der Waals surface area (Å²) in [6, 6.07) is 15.3. The number of nitrogens with zero attached hydrogens (tertiary/aromatic N) is 1. The van der Waals surface area contributed by atoms with Gasteiger partial charge in [0, 0.05) is 0 Å². The van der Waals surface area contributed by atoms with Crippen molar-refractivity contribution in [3.63, 3.8) is 0 Å². The van der Waals surface area contributed by atoms with Gasteiger partial charge in [-0.1, -0.05) is 0 Å². The molecule has 0 aliphatic carbocycles. The molecular formula is C15H13Cl2NORu. The van der Waals surface area contributed by atoms with Crippen molar-refractivity contribution >= 4 is 35.9 Å². The van der Waals surface area contributed by atoms with Gasteiger partial charge in [-0.25, -0.2) is 0 Å². The molecule has 2 rings (SSSR count). The zero-order valence-electron chi connectivity index (χ0n) is 10.5. The Morgan fingerprint density at radius 2 is 1.65 bits per heavy atom. The van der Waals surface area contributed by atoms with E-state index in [9.17, 15) is 0 Å². The van der Waals surface area contributed by atoms with Crippen LogP contribution in [0.25, 0.3) is 0 Å². The van der Waals surface area contributed by atoms with Crippen LogP contribution in [0.15, 0.2) is 53.5 Å². The Morgan fingerprint density at radius 3 is 2.25 bits per heavy atom. The van der Waals surface area contributed by atoms with Crippen LogP contribution in [0, 0.1) is 0 Å². The number of rotatable bonds is 4. The maximum absolute atomic E-state index is 8.99. The Labute approximate surface area is 131 Å². The Bertz CT molecular complexity index is 635. The van der Waals surface area contributed by atoms with Crippen LogP contribution in [0.5, 0.6) is 0 Å². The number of halogens is 2. The third kappa shape index (κ3) is 4.61. The van der Waals surface area contributed by atoms with Crippen molar-refractivity contribution in [2.75, 3.05) is 0 Å². The molecule has 0 saturated heterocycles. The Morgan fingerprint density at radius 1 is 1.00 bits per heavy atom. The van der Waals surface area contributed by atoms with E-state index < -0.39 is 13.5 Å². The van der Waals surface area contributed by atoms with Crippen molar-refractivity contribution in [1.82, 2.24) is 0 Å². The van der Waals surface area contributed by atoms with Crippen LogP contribution in [0.3, 0.4) is 0 Å². The fourth-order valence-corrected chi connectivity index (χ4v) is 3.49. The summed E-state index contributed by atoms with van der Waals surface area (Å²) in [5, 5.41) is 8.99. The standard InChI is InChI=1S/C15H13NO.2ClH.Ru/c1-12-4-2-3-5-14(12)10-16-15-8-6-13(11-17)7-9-15;;;/h1-10,17H,11H2;2*1H;/q;;;+2/p-2. The van der Waals surface area contributed by atoms with Crippen molar-refractivity contribution in [1.29, 1.82) is 0 Å². The van der Waals surface area contributed by atoms with Gasteiger partial charge in [0.2, 0.25) is 0 Å². The van der Waals surface area contributed by atoms with Gasteiger partial charge in [0.25, 0.3) is 0 Å². The summed E-state index contributed by atoms with van der Waals surface area (Å²) in [5.41, 5.74) is 3.70. The van der Waals surface area contributed by atoms with Crippen LogP contribution in [-0.4, -0.2) is 15.9 Å². The van der Waals surface area contributed by atoms with Crippen molar-refractivity contribution in [3.8, 4) is 0 Å². The van der Waals surface area contributed by atoms with Gasteiger partial charge in [0.05, 0.1) is 0 Å². The molecule has 20 heavy (non-hydrogen) atoms. The molecule has 0 amide bonds. The molecule has 2 aromatic rings. The molecule has 1 N–H and O–H groups in total. The van der Waals surface area contributed by atoms with E-state index in [1.54, 1.807) is 6.21 Å². The summed E-state index contributed by atoms with van der Waals surface area (Å²) in [4.78, 5) is 4.42. The van der Waals surface area contributed by atoms with Gasteiger partial charge in [-0.05, 0) is 0 Å². The molecule has 0 aliphatic rings. The number of aliphatic imine (C=N–C) groups is 1. The first-order valence-electron chi connectivity index (χ1n) is 5.85. The molecular weight excluding hydrogens is 382 g/mol. The number of benzene rings is 2. The molecule has 0 radical (unpaired) electrons. The van der Waals surface area contributed by atoms with Crippen molar-refractivity contribution < 1.29 is 18.6 Å². The van der Waals surface area contributed by atoms with Crippen molar-refractivity contribution in [3.05, 3.63) is 65.2 Å². The maximum atomic E-state index is 8.99. The molecule has 106 valence electrons. The van der Waals surface area contributed by atoms with Crippen molar-refractivity contribution in [2.24, 2.45) is 4.99 Å². The van der Waals surface area contributed by atoms with Crippen LogP contribution in [0.1, 0.15) is 16.7 Å². The third-order valence-corrected chi connectivity index (χ3v) is 4.49. The summed E-state index contributed by atoms with van der Waals surface area (Å²) >= 11 is -1.85.